The number of hydrogen-bond acceptors (Lipinski definition) is 5. The lowest BCUT2D eigenvalue weighted by atomic mass is 10.0. The maximum Gasteiger partial charge on any atom is 0.259 e. The van der Waals surface area contributed by atoms with E-state index in [0.717, 1.165) is 5.56 Å². The maximum atomic E-state index is 13.1. The Labute approximate surface area is 194 Å². The molecular formula is C26H21N3O5. The molecule has 0 aliphatic carbocycles. The first-order valence-electron chi connectivity index (χ1n) is 10.4. The molecule has 4 aromatic rings. The molecule has 1 aromatic heterocycles. The van der Waals surface area contributed by atoms with E-state index in [0.29, 0.717) is 22.4 Å². The molecule has 0 radical (unpaired) electrons. The molecule has 3 aromatic carbocycles. The smallest absolute Gasteiger partial charge is 0.259 e. The van der Waals surface area contributed by atoms with Gasteiger partial charge in [0.15, 0.2) is 11.0 Å². The topological polar surface area (TPSA) is 132 Å². The number of rotatable bonds is 6. The van der Waals surface area contributed by atoms with Crippen LogP contribution in [0.4, 0.5) is 5.69 Å². The van der Waals surface area contributed by atoms with E-state index in [1.54, 1.807) is 37.3 Å². The molecule has 170 valence electrons. The summed E-state index contributed by atoms with van der Waals surface area (Å²) in [6.07, 6.45) is 0. The Morgan fingerprint density at radius 1 is 0.912 bits per heavy atom. The molecule has 8 heteroatoms. The molecule has 1 heterocycles. The molecular weight excluding hydrogens is 434 g/mol. The van der Waals surface area contributed by atoms with Gasteiger partial charge in [0.2, 0.25) is 5.91 Å². The fraction of sp³-hybridized carbons (Fsp3) is 0.0769. The summed E-state index contributed by atoms with van der Waals surface area (Å²) in [6, 6.07) is 20.2. The minimum Gasteiger partial charge on any atom is -0.455 e. The molecule has 0 fully saturated rings. The fourth-order valence-electron chi connectivity index (χ4n) is 3.56. The molecule has 0 spiro atoms. The van der Waals surface area contributed by atoms with E-state index in [1.807, 2.05) is 30.3 Å². The molecule has 34 heavy (non-hydrogen) atoms. The molecule has 0 saturated carbocycles. The Morgan fingerprint density at radius 2 is 1.65 bits per heavy atom. The van der Waals surface area contributed by atoms with Crippen LogP contribution in [0.25, 0.3) is 22.3 Å². The summed E-state index contributed by atoms with van der Waals surface area (Å²) in [5, 5.41) is 5.42. The lowest BCUT2D eigenvalue weighted by Crippen LogP contribution is -2.33. The SMILES string of the molecule is Cc1c(-c2ccccc2)oc2c(C(=O)Nc3cccc(C(=O)NCC(N)=O)c3)cccc2c1=O. The molecule has 0 aliphatic heterocycles. The van der Waals surface area contributed by atoms with Crippen LogP contribution in [0.5, 0.6) is 0 Å². The quantitative estimate of drug-likeness (QED) is 0.411. The third-order valence-electron chi connectivity index (χ3n) is 5.23. The monoisotopic (exact) mass is 455 g/mol. The van der Waals surface area contributed by atoms with Crippen LogP contribution in [0.2, 0.25) is 0 Å². The number of primary amides is 1. The van der Waals surface area contributed by atoms with Crippen LogP contribution in [-0.2, 0) is 4.79 Å². The highest BCUT2D eigenvalue weighted by atomic mass is 16.3. The molecule has 0 aliphatic rings. The van der Waals surface area contributed by atoms with E-state index in [2.05, 4.69) is 10.6 Å². The molecule has 0 bridgehead atoms. The van der Waals surface area contributed by atoms with Crippen LogP contribution in [0, 0.1) is 6.92 Å². The molecule has 4 N–H and O–H groups in total. The maximum absolute atomic E-state index is 13.1. The second-order valence-electron chi connectivity index (χ2n) is 7.62. The average Bonchev–Trinajstić information content (AvgIpc) is 2.85. The van der Waals surface area contributed by atoms with E-state index in [-0.39, 0.29) is 28.7 Å². The fourth-order valence-corrected chi connectivity index (χ4v) is 3.56. The number of nitrogens with one attached hydrogen (secondary N) is 2. The lowest BCUT2D eigenvalue weighted by molar-refractivity contribution is -0.117. The normalized spacial score (nSPS) is 10.6. The van der Waals surface area contributed by atoms with Gasteiger partial charge in [-0.1, -0.05) is 42.5 Å². The Hall–Kier alpha value is -4.72. The van der Waals surface area contributed by atoms with E-state index < -0.39 is 17.7 Å². The zero-order valence-electron chi connectivity index (χ0n) is 18.3. The Bertz CT molecular complexity index is 1480. The summed E-state index contributed by atoms with van der Waals surface area (Å²) in [4.78, 5) is 49.2. The van der Waals surface area contributed by atoms with Gasteiger partial charge in [0.1, 0.15) is 5.76 Å². The zero-order valence-corrected chi connectivity index (χ0v) is 18.3. The predicted octanol–water partition coefficient (Wildman–Crippen LogP) is 3.24. The van der Waals surface area contributed by atoms with E-state index >= 15 is 0 Å². The van der Waals surface area contributed by atoms with E-state index in [9.17, 15) is 19.2 Å². The number of carbonyl (C=O) groups excluding carboxylic acids is 3. The number of nitrogens with two attached hydrogens (primary N) is 1. The summed E-state index contributed by atoms with van der Waals surface area (Å²) in [6.45, 7) is 1.39. The first-order valence-corrected chi connectivity index (χ1v) is 10.4. The van der Waals surface area contributed by atoms with Gasteiger partial charge in [-0.05, 0) is 37.3 Å². The number of anilines is 1. The standard InChI is InChI=1S/C26H21N3O5/c1-15-22(31)19-11-6-12-20(24(19)34-23(15)16-7-3-2-4-8-16)26(33)29-18-10-5-9-17(13-18)25(32)28-14-21(27)30/h2-13H,14H2,1H3,(H2,27,30)(H,28,32)(H,29,33). The van der Waals surface area contributed by atoms with Gasteiger partial charge in [0.05, 0.1) is 17.5 Å². The highest BCUT2D eigenvalue weighted by molar-refractivity contribution is 6.12. The van der Waals surface area contributed by atoms with Gasteiger partial charge in [0.25, 0.3) is 11.8 Å². The van der Waals surface area contributed by atoms with Crippen molar-refractivity contribution in [1.82, 2.24) is 5.32 Å². The van der Waals surface area contributed by atoms with Gasteiger partial charge >= 0.3 is 0 Å². The number of hydrogen-bond donors (Lipinski definition) is 3. The van der Waals surface area contributed by atoms with Crippen molar-refractivity contribution < 1.29 is 18.8 Å². The Kier molecular flexibility index (Phi) is 6.22. The molecule has 0 unspecified atom stereocenters. The number of para-hydroxylation sites is 1. The predicted molar refractivity (Wildman–Crippen MR) is 129 cm³/mol. The third-order valence-corrected chi connectivity index (χ3v) is 5.23. The highest BCUT2D eigenvalue weighted by Crippen LogP contribution is 2.27. The Balaban J connectivity index is 1.69. The van der Waals surface area contributed by atoms with Crippen molar-refractivity contribution in [2.75, 3.05) is 11.9 Å². The van der Waals surface area contributed by atoms with Crippen molar-refractivity contribution >= 4 is 34.4 Å². The number of fused-ring (bicyclic) bond motifs is 1. The molecule has 0 atom stereocenters. The lowest BCUT2D eigenvalue weighted by Gasteiger charge is -2.11. The van der Waals surface area contributed by atoms with Gasteiger partial charge in [-0.15, -0.1) is 0 Å². The largest absolute Gasteiger partial charge is 0.455 e. The minimum absolute atomic E-state index is 0.171. The highest BCUT2D eigenvalue weighted by Gasteiger charge is 2.19. The number of amides is 3. The molecule has 8 nitrogen and oxygen atoms in total. The van der Waals surface area contributed by atoms with Crippen LogP contribution in [0.15, 0.2) is 82.0 Å². The van der Waals surface area contributed by atoms with Crippen LogP contribution >= 0.6 is 0 Å². The minimum atomic E-state index is -0.666. The van der Waals surface area contributed by atoms with Gasteiger partial charge < -0.3 is 20.8 Å². The van der Waals surface area contributed by atoms with Gasteiger partial charge in [-0.3, -0.25) is 19.2 Å². The summed E-state index contributed by atoms with van der Waals surface area (Å²) in [5.41, 5.74) is 6.95. The van der Waals surface area contributed by atoms with Crippen LogP contribution < -0.4 is 21.8 Å². The first kappa shape index (κ1) is 22.5. The second kappa shape index (κ2) is 9.41. The van der Waals surface area contributed by atoms with Crippen LogP contribution in [-0.4, -0.2) is 24.3 Å². The second-order valence-corrected chi connectivity index (χ2v) is 7.62. The summed E-state index contributed by atoms with van der Waals surface area (Å²) < 4.78 is 6.10. The third kappa shape index (κ3) is 4.56. The van der Waals surface area contributed by atoms with Crippen molar-refractivity contribution in [2.24, 2.45) is 5.73 Å². The zero-order chi connectivity index (χ0) is 24.2. The molecule has 4 rings (SSSR count). The van der Waals surface area contributed by atoms with Crippen molar-refractivity contribution in [3.8, 4) is 11.3 Å². The van der Waals surface area contributed by atoms with Gasteiger partial charge in [0, 0.05) is 22.4 Å². The van der Waals surface area contributed by atoms with Crippen molar-refractivity contribution in [3.63, 3.8) is 0 Å². The van der Waals surface area contributed by atoms with Gasteiger partial charge in [-0.25, -0.2) is 0 Å². The molecule has 3 amide bonds. The van der Waals surface area contributed by atoms with Crippen molar-refractivity contribution in [1.29, 1.82) is 0 Å². The van der Waals surface area contributed by atoms with Gasteiger partial charge in [-0.2, -0.15) is 0 Å². The summed E-state index contributed by atoms with van der Waals surface area (Å²) in [5.74, 6) is -1.29. The average molecular weight is 455 g/mol. The van der Waals surface area contributed by atoms with E-state index in [4.69, 9.17) is 10.2 Å². The van der Waals surface area contributed by atoms with E-state index in [1.165, 1.54) is 12.1 Å². The summed E-state index contributed by atoms with van der Waals surface area (Å²) >= 11 is 0. The number of benzene rings is 3. The van der Waals surface area contributed by atoms with Crippen LogP contribution in [0.3, 0.4) is 0 Å². The summed E-state index contributed by atoms with van der Waals surface area (Å²) in [7, 11) is 0. The first-order chi connectivity index (χ1) is 16.3. The van der Waals surface area contributed by atoms with Crippen LogP contribution in [0.1, 0.15) is 26.3 Å². The Morgan fingerprint density at radius 3 is 2.38 bits per heavy atom. The van der Waals surface area contributed by atoms with Crippen molar-refractivity contribution in [2.45, 2.75) is 6.92 Å². The van der Waals surface area contributed by atoms with Crippen molar-refractivity contribution in [3.05, 3.63) is 99.7 Å². The molecule has 0 saturated heterocycles. The number of carbonyl (C=O) groups is 3.